The number of likely N-dealkylation sites (N-methyl/N-ethyl adjacent to an activating group) is 1. The summed E-state index contributed by atoms with van der Waals surface area (Å²) in [5.41, 5.74) is 2.70. The molecule has 28 heavy (non-hydrogen) atoms. The molecule has 0 radical (unpaired) electrons. The van der Waals surface area contributed by atoms with Gasteiger partial charge in [0.25, 0.3) is 5.56 Å². The molecule has 0 aliphatic heterocycles. The molecule has 2 rings (SSSR count). The Balaban J connectivity index is 2.02. The monoisotopic (exact) mass is 384 g/mol. The van der Waals surface area contributed by atoms with Gasteiger partial charge in [-0.3, -0.25) is 9.59 Å². The minimum atomic E-state index is -0.404. The Hall–Kier alpha value is -2.98. The molecule has 2 N–H and O–H groups in total. The smallest absolute Gasteiger partial charge is 0.266 e. The Labute approximate surface area is 164 Å². The zero-order valence-corrected chi connectivity index (χ0v) is 16.6. The van der Waals surface area contributed by atoms with Gasteiger partial charge in [0.05, 0.1) is 6.04 Å². The summed E-state index contributed by atoms with van der Waals surface area (Å²) in [5.74, 6) is -0.425. The predicted molar refractivity (Wildman–Crippen MR) is 105 cm³/mol. The van der Waals surface area contributed by atoms with Crippen LogP contribution in [0.5, 0.6) is 0 Å². The molecular formula is C21H25FN4O2. The fourth-order valence-electron chi connectivity index (χ4n) is 3.24. The standard InChI is InChI=1S/C21H25FN4O2/c1-13-17(14(2)25-21(28)18(13)11-23)9-10-20(27)24-12-19(26(3)4)15-5-7-16(22)8-6-15/h5-8,19H,9-10,12H2,1-4H3,(H,24,27)(H,25,28). The molecule has 1 aromatic carbocycles. The fraction of sp³-hybridized carbons (Fsp3) is 0.381. The van der Waals surface area contributed by atoms with Crippen molar-refractivity contribution in [3.63, 3.8) is 0 Å². The molecule has 1 aromatic heterocycles. The topological polar surface area (TPSA) is 89.0 Å². The van der Waals surface area contributed by atoms with Gasteiger partial charge >= 0.3 is 0 Å². The summed E-state index contributed by atoms with van der Waals surface area (Å²) < 4.78 is 13.1. The lowest BCUT2D eigenvalue weighted by molar-refractivity contribution is -0.121. The number of halogens is 1. The van der Waals surface area contributed by atoms with Gasteiger partial charge in [0, 0.05) is 18.7 Å². The number of nitrogens with one attached hydrogen (secondary N) is 2. The van der Waals surface area contributed by atoms with E-state index in [-0.39, 0.29) is 29.8 Å². The number of amides is 1. The number of carbonyl (C=O) groups excluding carboxylic acids is 1. The van der Waals surface area contributed by atoms with Gasteiger partial charge in [0.1, 0.15) is 17.4 Å². The quantitative estimate of drug-likeness (QED) is 0.767. The highest BCUT2D eigenvalue weighted by Gasteiger charge is 2.17. The van der Waals surface area contributed by atoms with E-state index in [4.69, 9.17) is 5.26 Å². The molecule has 7 heteroatoms. The Bertz CT molecular complexity index is 943. The zero-order chi connectivity index (χ0) is 20.8. The summed E-state index contributed by atoms with van der Waals surface area (Å²) in [6.45, 7) is 3.88. The highest BCUT2D eigenvalue weighted by Crippen LogP contribution is 2.18. The maximum Gasteiger partial charge on any atom is 0.266 e. The van der Waals surface area contributed by atoms with Gasteiger partial charge in [-0.2, -0.15) is 5.26 Å². The van der Waals surface area contributed by atoms with Gasteiger partial charge in [0.2, 0.25) is 5.91 Å². The lowest BCUT2D eigenvalue weighted by Crippen LogP contribution is -2.34. The summed E-state index contributed by atoms with van der Waals surface area (Å²) in [7, 11) is 3.80. The van der Waals surface area contributed by atoms with E-state index in [1.165, 1.54) is 12.1 Å². The first kappa shape index (κ1) is 21.3. The van der Waals surface area contributed by atoms with E-state index < -0.39 is 5.56 Å². The molecule has 0 saturated carbocycles. The van der Waals surface area contributed by atoms with Crippen LogP contribution in [0.25, 0.3) is 0 Å². The Morgan fingerprint density at radius 3 is 2.50 bits per heavy atom. The van der Waals surface area contributed by atoms with Crippen LogP contribution in [0.15, 0.2) is 29.1 Å². The third-order valence-electron chi connectivity index (χ3n) is 4.89. The van der Waals surface area contributed by atoms with E-state index >= 15 is 0 Å². The molecule has 0 aliphatic rings. The minimum absolute atomic E-state index is 0.0775. The predicted octanol–water partition coefficient (Wildman–Crippen LogP) is 2.35. The number of carbonyl (C=O) groups is 1. The van der Waals surface area contributed by atoms with E-state index in [0.717, 1.165) is 11.1 Å². The highest BCUT2D eigenvalue weighted by molar-refractivity contribution is 5.76. The van der Waals surface area contributed by atoms with Crippen LogP contribution in [0.2, 0.25) is 0 Å². The normalized spacial score (nSPS) is 11.9. The Morgan fingerprint density at radius 2 is 1.93 bits per heavy atom. The molecule has 1 heterocycles. The maximum absolute atomic E-state index is 13.1. The number of hydrogen-bond donors (Lipinski definition) is 2. The largest absolute Gasteiger partial charge is 0.354 e. The van der Waals surface area contributed by atoms with Crippen LogP contribution in [0.1, 0.15) is 40.4 Å². The molecule has 0 aliphatic carbocycles. The van der Waals surface area contributed by atoms with Crippen molar-refractivity contribution >= 4 is 5.91 Å². The number of pyridine rings is 1. The third-order valence-corrected chi connectivity index (χ3v) is 4.89. The van der Waals surface area contributed by atoms with E-state index in [0.29, 0.717) is 24.2 Å². The van der Waals surface area contributed by atoms with Gasteiger partial charge in [-0.15, -0.1) is 0 Å². The van der Waals surface area contributed by atoms with Crippen molar-refractivity contribution in [2.45, 2.75) is 32.7 Å². The number of nitriles is 1. The molecule has 6 nitrogen and oxygen atoms in total. The number of benzene rings is 1. The van der Waals surface area contributed by atoms with Crippen LogP contribution < -0.4 is 10.9 Å². The van der Waals surface area contributed by atoms with E-state index in [9.17, 15) is 14.0 Å². The second-order valence-corrected chi connectivity index (χ2v) is 7.00. The van der Waals surface area contributed by atoms with Crippen molar-refractivity contribution in [1.29, 1.82) is 5.26 Å². The van der Waals surface area contributed by atoms with E-state index in [1.54, 1.807) is 26.0 Å². The van der Waals surface area contributed by atoms with Crippen LogP contribution in [0.4, 0.5) is 4.39 Å². The van der Waals surface area contributed by atoms with Crippen molar-refractivity contribution in [2.24, 2.45) is 0 Å². The molecule has 1 unspecified atom stereocenters. The summed E-state index contributed by atoms with van der Waals surface area (Å²) in [5, 5.41) is 12.1. The summed E-state index contributed by atoms with van der Waals surface area (Å²) in [4.78, 5) is 28.8. The van der Waals surface area contributed by atoms with Gasteiger partial charge in [0.15, 0.2) is 0 Å². The molecule has 0 bridgehead atoms. The highest BCUT2D eigenvalue weighted by atomic mass is 19.1. The summed E-state index contributed by atoms with van der Waals surface area (Å²) >= 11 is 0. The molecule has 1 atom stereocenters. The average molecular weight is 384 g/mol. The van der Waals surface area contributed by atoms with Crippen molar-refractivity contribution in [1.82, 2.24) is 15.2 Å². The molecule has 148 valence electrons. The van der Waals surface area contributed by atoms with Crippen molar-refractivity contribution in [3.05, 3.63) is 68.4 Å². The second kappa shape index (κ2) is 9.29. The fourth-order valence-corrected chi connectivity index (χ4v) is 3.24. The first-order chi connectivity index (χ1) is 13.2. The van der Waals surface area contributed by atoms with Crippen molar-refractivity contribution in [3.8, 4) is 6.07 Å². The molecular weight excluding hydrogens is 359 g/mol. The number of rotatable bonds is 7. The number of aromatic nitrogens is 1. The molecule has 1 amide bonds. The first-order valence-electron chi connectivity index (χ1n) is 9.05. The SMILES string of the molecule is Cc1[nH]c(=O)c(C#N)c(C)c1CCC(=O)NCC(c1ccc(F)cc1)N(C)C. The maximum atomic E-state index is 13.1. The Kier molecular flexibility index (Phi) is 7.07. The van der Waals surface area contributed by atoms with Crippen LogP contribution in [0, 0.1) is 31.0 Å². The molecule has 0 fully saturated rings. The van der Waals surface area contributed by atoms with Crippen molar-refractivity contribution < 1.29 is 9.18 Å². The zero-order valence-electron chi connectivity index (χ0n) is 16.6. The number of aryl methyl sites for hydroxylation is 1. The minimum Gasteiger partial charge on any atom is -0.354 e. The first-order valence-corrected chi connectivity index (χ1v) is 9.05. The Morgan fingerprint density at radius 1 is 1.29 bits per heavy atom. The third kappa shape index (κ3) is 5.05. The number of aromatic amines is 1. The average Bonchev–Trinajstić information content (AvgIpc) is 2.63. The molecule has 0 saturated heterocycles. The van der Waals surface area contributed by atoms with Gasteiger partial charge in [-0.1, -0.05) is 12.1 Å². The lowest BCUT2D eigenvalue weighted by atomic mass is 9.99. The summed E-state index contributed by atoms with van der Waals surface area (Å²) in [6, 6.07) is 8.07. The van der Waals surface area contributed by atoms with E-state index in [1.807, 2.05) is 25.1 Å². The second-order valence-electron chi connectivity index (χ2n) is 7.00. The van der Waals surface area contributed by atoms with Crippen LogP contribution in [-0.4, -0.2) is 36.4 Å². The van der Waals surface area contributed by atoms with E-state index in [2.05, 4.69) is 10.3 Å². The number of nitrogens with zero attached hydrogens (tertiary/aromatic N) is 2. The molecule has 2 aromatic rings. The summed E-state index contributed by atoms with van der Waals surface area (Å²) in [6.07, 6.45) is 0.667. The van der Waals surface area contributed by atoms with Gasteiger partial charge in [-0.25, -0.2) is 4.39 Å². The van der Waals surface area contributed by atoms with Crippen LogP contribution in [-0.2, 0) is 11.2 Å². The van der Waals surface area contributed by atoms with Crippen LogP contribution in [0.3, 0.4) is 0 Å². The lowest BCUT2D eigenvalue weighted by Gasteiger charge is -2.25. The van der Waals surface area contributed by atoms with Crippen LogP contribution >= 0.6 is 0 Å². The number of hydrogen-bond acceptors (Lipinski definition) is 4. The number of H-pyrrole nitrogens is 1. The van der Waals surface area contributed by atoms with Gasteiger partial charge in [-0.05, 0) is 63.2 Å². The molecule has 0 spiro atoms. The van der Waals surface area contributed by atoms with Crippen molar-refractivity contribution in [2.75, 3.05) is 20.6 Å². The van der Waals surface area contributed by atoms with Gasteiger partial charge < -0.3 is 15.2 Å².